The summed E-state index contributed by atoms with van der Waals surface area (Å²) in [5.74, 6) is 0.0490. The molecule has 0 aliphatic heterocycles. The van der Waals surface area contributed by atoms with Crippen molar-refractivity contribution in [2.75, 3.05) is 13.1 Å². The molecule has 2 nitrogen and oxygen atoms in total. The third kappa shape index (κ3) is 3.22. The van der Waals surface area contributed by atoms with Crippen molar-refractivity contribution in [2.45, 2.75) is 20.3 Å². The minimum absolute atomic E-state index is 0.0490. The van der Waals surface area contributed by atoms with Crippen molar-refractivity contribution in [1.29, 1.82) is 0 Å². The first-order valence-electron chi connectivity index (χ1n) is 5.34. The number of benzene rings is 1. The van der Waals surface area contributed by atoms with Crippen molar-refractivity contribution >= 4 is 33.4 Å². The molecule has 0 aliphatic carbocycles. The molecule has 0 saturated carbocycles. The SMILES string of the molecule is CCCN(CC)C(=O)c1ccc(Cl)cc1Br. The van der Waals surface area contributed by atoms with Gasteiger partial charge in [-0.2, -0.15) is 0 Å². The molecule has 0 spiro atoms. The van der Waals surface area contributed by atoms with Crippen molar-refractivity contribution in [2.24, 2.45) is 0 Å². The summed E-state index contributed by atoms with van der Waals surface area (Å²) in [5, 5.41) is 0.627. The first-order chi connectivity index (χ1) is 7.60. The normalized spacial score (nSPS) is 10.2. The van der Waals surface area contributed by atoms with Gasteiger partial charge >= 0.3 is 0 Å². The van der Waals surface area contributed by atoms with E-state index in [0.717, 1.165) is 24.0 Å². The van der Waals surface area contributed by atoms with E-state index in [9.17, 15) is 4.79 Å². The fraction of sp³-hybridized carbons (Fsp3) is 0.417. The van der Waals surface area contributed by atoms with E-state index >= 15 is 0 Å². The molecule has 0 aromatic heterocycles. The molecule has 1 rings (SSSR count). The first-order valence-corrected chi connectivity index (χ1v) is 6.51. The highest BCUT2D eigenvalue weighted by molar-refractivity contribution is 9.10. The van der Waals surface area contributed by atoms with E-state index in [1.54, 1.807) is 18.2 Å². The Balaban J connectivity index is 2.94. The second-order valence-electron chi connectivity index (χ2n) is 3.51. The molecule has 0 aliphatic rings. The lowest BCUT2D eigenvalue weighted by atomic mass is 10.2. The van der Waals surface area contributed by atoms with Gasteiger partial charge in [0, 0.05) is 22.6 Å². The van der Waals surface area contributed by atoms with Crippen molar-refractivity contribution in [3.63, 3.8) is 0 Å². The van der Waals surface area contributed by atoms with Crippen LogP contribution in [-0.2, 0) is 0 Å². The van der Waals surface area contributed by atoms with E-state index in [1.807, 2.05) is 11.8 Å². The third-order valence-electron chi connectivity index (χ3n) is 2.32. The summed E-state index contributed by atoms with van der Waals surface area (Å²) in [4.78, 5) is 14.0. The highest BCUT2D eigenvalue weighted by Crippen LogP contribution is 2.22. The van der Waals surface area contributed by atoms with Crippen molar-refractivity contribution in [3.8, 4) is 0 Å². The molecule has 4 heteroatoms. The molecule has 0 radical (unpaired) electrons. The Morgan fingerprint density at radius 1 is 1.44 bits per heavy atom. The van der Waals surface area contributed by atoms with Crippen LogP contribution < -0.4 is 0 Å². The quantitative estimate of drug-likeness (QED) is 0.824. The standard InChI is InChI=1S/C12H15BrClNO/c1-3-7-15(4-2)12(16)10-6-5-9(14)8-11(10)13/h5-6,8H,3-4,7H2,1-2H3. The molecule has 0 N–H and O–H groups in total. The van der Waals surface area contributed by atoms with Gasteiger partial charge in [0.25, 0.3) is 5.91 Å². The summed E-state index contributed by atoms with van der Waals surface area (Å²) in [6, 6.07) is 5.24. The predicted molar refractivity (Wildman–Crippen MR) is 71.0 cm³/mol. The minimum atomic E-state index is 0.0490. The van der Waals surface area contributed by atoms with Crippen LogP contribution in [0.25, 0.3) is 0 Å². The maximum Gasteiger partial charge on any atom is 0.254 e. The van der Waals surface area contributed by atoms with Gasteiger partial charge in [-0.25, -0.2) is 0 Å². The van der Waals surface area contributed by atoms with E-state index in [1.165, 1.54) is 0 Å². The van der Waals surface area contributed by atoms with Crippen molar-refractivity contribution in [1.82, 2.24) is 4.90 Å². The van der Waals surface area contributed by atoms with Gasteiger partial charge in [0.1, 0.15) is 0 Å². The predicted octanol–water partition coefficient (Wildman–Crippen LogP) is 3.97. The molecule has 0 atom stereocenters. The topological polar surface area (TPSA) is 20.3 Å². The van der Waals surface area contributed by atoms with Gasteiger partial charge in [-0.1, -0.05) is 18.5 Å². The molecule has 0 unspecified atom stereocenters. The average molecular weight is 305 g/mol. The molecule has 0 fully saturated rings. The highest BCUT2D eigenvalue weighted by atomic mass is 79.9. The smallest absolute Gasteiger partial charge is 0.254 e. The number of halogens is 2. The van der Waals surface area contributed by atoms with Gasteiger partial charge in [0.15, 0.2) is 0 Å². The fourth-order valence-electron chi connectivity index (χ4n) is 1.51. The molecule has 1 aromatic rings. The molecule has 1 aromatic carbocycles. The molecule has 88 valence electrons. The van der Waals surface area contributed by atoms with Crippen LogP contribution >= 0.6 is 27.5 Å². The summed E-state index contributed by atoms with van der Waals surface area (Å²) in [7, 11) is 0. The second kappa shape index (κ2) is 6.26. The largest absolute Gasteiger partial charge is 0.339 e. The lowest BCUT2D eigenvalue weighted by Crippen LogP contribution is -2.31. The summed E-state index contributed by atoms with van der Waals surface area (Å²) in [6.07, 6.45) is 0.963. The number of carbonyl (C=O) groups excluding carboxylic acids is 1. The van der Waals surface area contributed by atoms with Gasteiger partial charge in [0.2, 0.25) is 0 Å². The molecule has 16 heavy (non-hydrogen) atoms. The number of hydrogen-bond acceptors (Lipinski definition) is 1. The number of rotatable bonds is 4. The fourth-order valence-corrected chi connectivity index (χ4v) is 2.36. The number of nitrogens with zero attached hydrogens (tertiary/aromatic N) is 1. The van der Waals surface area contributed by atoms with Crippen molar-refractivity contribution < 1.29 is 4.79 Å². The van der Waals surface area contributed by atoms with Crippen LogP contribution in [0.2, 0.25) is 5.02 Å². The number of amides is 1. The molecular weight excluding hydrogens is 289 g/mol. The van der Waals surface area contributed by atoms with Crippen LogP contribution in [0, 0.1) is 0 Å². The summed E-state index contributed by atoms with van der Waals surface area (Å²) in [5.41, 5.74) is 0.666. The van der Waals surface area contributed by atoms with Gasteiger partial charge in [0.05, 0.1) is 5.56 Å². The van der Waals surface area contributed by atoms with E-state index < -0.39 is 0 Å². The van der Waals surface area contributed by atoms with Gasteiger partial charge in [-0.3, -0.25) is 4.79 Å². The van der Waals surface area contributed by atoms with E-state index in [4.69, 9.17) is 11.6 Å². The van der Waals surface area contributed by atoms with Crippen LogP contribution in [0.3, 0.4) is 0 Å². The number of hydrogen-bond donors (Lipinski definition) is 0. The van der Waals surface area contributed by atoms with Crippen LogP contribution in [0.4, 0.5) is 0 Å². The summed E-state index contributed by atoms with van der Waals surface area (Å²) >= 11 is 9.21. The Kier molecular flexibility index (Phi) is 5.29. The van der Waals surface area contributed by atoms with Crippen LogP contribution in [0.5, 0.6) is 0 Å². The Hall–Kier alpha value is -0.540. The third-order valence-corrected chi connectivity index (χ3v) is 3.22. The maximum absolute atomic E-state index is 12.2. The highest BCUT2D eigenvalue weighted by Gasteiger charge is 2.15. The molecular formula is C12H15BrClNO. The molecule has 0 bridgehead atoms. The van der Waals surface area contributed by atoms with Crippen LogP contribution in [0.1, 0.15) is 30.6 Å². The molecule has 1 amide bonds. The van der Waals surface area contributed by atoms with E-state index in [-0.39, 0.29) is 5.91 Å². The zero-order valence-corrected chi connectivity index (χ0v) is 11.8. The van der Waals surface area contributed by atoms with Gasteiger partial charge in [-0.15, -0.1) is 0 Å². The van der Waals surface area contributed by atoms with E-state index in [2.05, 4.69) is 22.9 Å². The average Bonchev–Trinajstić information content (AvgIpc) is 2.25. The zero-order chi connectivity index (χ0) is 12.1. The zero-order valence-electron chi connectivity index (χ0n) is 9.46. The Labute approximate surface area is 110 Å². The first kappa shape index (κ1) is 13.5. The van der Waals surface area contributed by atoms with Gasteiger partial charge < -0.3 is 4.90 Å². The Morgan fingerprint density at radius 2 is 2.12 bits per heavy atom. The maximum atomic E-state index is 12.2. The van der Waals surface area contributed by atoms with Crippen LogP contribution in [0.15, 0.2) is 22.7 Å². The van der Waals surface area contributed by atoms with Crippen LogP contribution in [-0.4, -0.2) is 23.9 Å². The van der Waals surface area contributed by atoms with Gasteiger partial charge in [-0.05, 0) is 47.5 Å². The second-order valence-corrected chi connectivity index (χ2v) is 4.80. The lowest BCUT2D eigenvalue weighted by Gasteiger charge is -2.20. The molecule has 0 heterocycles. The lowest BCUT2D eigenvalue weighted by molar-refractivity contribution is 0.0763. The minimum Gasteiger partial charge on any atom is -0.339 e. The molecule has 0 saturated heterocycles. The Bertz CT molecular complexity index is 381. The summed E-state index contributed by atoms with van der Waals surface area (Å²) in [6.45, 7) is 5.55. The van der Waals surface area contributed by atoms with Crippen molar-refractivity contribution in [3.05, 3.63) is 33.3 Å². The number of carbonyl (C=O) groups is 1. The summed E-state index contributed by atoms with van der Waals surface area (Å²) < 4.78 is 0.750. The Morgan fingerprint density at radius 3 is 2.62 bits per heavy atom. The van der Waals surface area contributed by atoms with E-state index in [0.29, 0.717) is 10.6 Å². The monoisotopic (exact) mass is 303 g/mol.